The van der Waals surface area contributed by atoms with E-state index in [2.05, 4.69) is 58.1 Å². The van der Waals surface area contributed by atoms with Crippen LogP contribution < -0.4 is 4.72 Å². The minimum Gasteiger partial charge on any atom is -0.481 e. The van der Waals surface area contributed by atoms with Crippen molar-refractivity contribution in [1.82, 2.24) is 10.1 Å². The molecule has 1 saturated carbocycles. The highest BCUT2D eigenvalue weighted by Crippen LogP contribution is 2.63. The van der Waals surface area contributed by atoms with Crippen molar-refractivity contribution in [3.8, 4) is 0 Å². The summed E-state index contributed by atoms with van der Waals surface area (Å²) in [6, 6.07) is 18.5. The normalized spacial score (nSPS) is 22.6. The molecule has 8 nitrogen and oxygen atoms in total. The lowest BCUT2D eigenvalue weighted by molar-refractivity contribution is -0.134. The molecule has 3 aromatic rings. The van der Waals surface area contributed by atoms with Crippen LogP contribution in [0.2, 0.25) is 0 Å². The fourth-order valence-electron chi connectivity index (χ4n) is 5.71. The standard InChI is InChI=1S/C26H31N3O3S.C2H4O2/c1-18-25(19(2)32-27-18)33(30,31)28-22-13-7-12-21(15-22)26(3)23-16-29(17-24(23)26)14-8-11-20-9-5-4-6-10-20;1-2(3)4/h4-7,9-10,12-13,15,23-24,28H,8,11,14,16-17H2,1-3H3;1H3,(H,3,4). The second-order valence-corrected chi connectivity index (χ2v) is 11.8. The maximum atomic E-state index is 12.9. The van der Waals surface area contributed by atoms with E-state index in [1.807, 2.05) is 12.1 Å². The highest BCUT2D eigenvalue weighted by molar-refractivity contribution is 7.92. The molecule has 2 N–H and O–H groups in total. The monoisotopic (exact) mass is 525 g/mol. The third-order valence-electron chi connectivity index (χ3n) is 7.58. The molecule has 9 heteroatoms. The Morgan fingerprint density at radius 1 is 1.14 bits per heavy atom. The summed E-state index contributed by atoms with van der Waals surface area (Å²) in [6.45, 7) is 10.0. The van der Waals surface area contributed by atoms with Crippen LogP contribution in [0.5, 0.6) is 0 Å². The molecule has 0 spiro atoms. The Balaban J connectivity index is 0.000000747. The van der Waals surface area contributed by atoms with Crippen LogP contribution in [-0.2, 0) is 26.7 Å². The van der Waals surface area contributed by atoms with Crippen LogP contribution in [0, 0.1) is 25.7 Å². The van der Waals surface area contributed by atoms with Gasteiger partial charge >= 0.3 is 0 Å². The zero-order chi connectivity index (χ0) is 26.8. The van der Waals surface area contributed by atoms with Gasteiger partial charge in [-0.3, -0.25) is 9.52 Å². The fraction of sp³-hybridized carbons (Fsp3) is 0.429. The van der Waals surface area contributed by atoms with Gasteiger partial charge in [-0.1, -0.05) is 54.5 Å². The molecule has 5 rings (SSSR count). The number of aryl methyl sites for hydroxylation is 3. The van der Waals surface area contributed by atoms with E-state index in [4.69, 9.17) is 14.4 Å². The van der Waals surface area contributed by atoms with Crippen molar-refractivity contribution in [2.24, 2.45) is 11.8 Å². The zero-order valence-electron chi connectivity index (χ0n) is 21.8. The van der Waals surface area contributed by atoms with Crippen LogP contribution in [0.25, 0.3) is 0 Å². The molecule has 0 radical (unpaired) electrons. The van der Waals surface area contributed by atoms with Crippen LogP contribution >= 0.6 is 0 Å². The number of aromatic nitrogens is 1. The van der Waals surface area contributed by atoms with Gasteiger partial charge in [0.2, 0.25) is 0 Å². The third-order valence-corrected chi connectivity index (χ3v) is 9.21. The number of aliphatic carboxylic acids is 1. The van der Waals surface area contributed by atoms with Crippen molar-refractivity contribution in [3.05, 3.63) is 77.2 Å². The smallest absolute Gasteiger partial charge is 0.300 e. The Kier molecular flexibility index (Phi) is 7.75. The average Bonchev–Trinajstić information content (AvgIpc) is 3.14. The van der Waals surface area contributed by atoms with E-state index in [0.29, 0.717) is 29.0 Å². The van der Waals surface area contributed by atoms with E-state index >= 15 is 0 Å². The van der Waals surface area contributed by atoms with Gasteiger partial charge in [-0.2, -0.15) is 0 Å². The van der Waals surface area contributed by atoms with Gasteiger partial charge in [-0.15, -0.1) is 0 Å². The van der Waals surface area contributed by atoms with E-state index in [0.717, 1.165) is 33.0 Å². The van der Waals surface area contributed by atoms with E-state index in [-0.39, 0.29) is 10.3 Å². The van der Waals surface area contributed by atoms with Crippen LogP contribution in [0.15, 0.2) is 64.0 Å². The lowest BCUT2D eigenvalue weighted by Crippen LogP contribution is -2.30. The molecule has 2 aromatic carbocycles. The van der Waals surface area contributed by atoms with Gasteiger partial charge in [0.25, 0.3) is 16.0 Å². The van der Waals surface area contributed by atoms with Gasteiger partial charge in [-0.05, 0) is 68.3 Å². The van der Waals surface area contributed by atoms with Crippen molar-refractivity contribution in [3.63, 3.8) is 0 Å². The Bertz CT molecular complexity index is 1320. The molecule has 0 amide bonds. The summed E-state index contributed by atoms with van der Waals surface area (Å²) in [5, 5.41) is 11.2. The lowest BCUT2D eigenvalue weighted by Gasteiger charge is -2.25. The number of piperidine rings is 1. The molecule has 2 fully saturated rings. The Hall–Kier alpha value is -3.17. The predicted octanol–water partition coefficient (Wildman–Crippen LogP) is 4.64. The number of likely N-dealkylation sites (tertiary alicyclic amines) is 1. The number of hydrogen-bond donors (Lipinski definition) is 2. The number of hydrogen-bond acceptors (Lipinski definition) is 6. The quantitative estimate of drug-likeness (QED) is 0.441. The molecule has 2 aliphatic rings. The van der Waals surface area contributed by atoms with Crippen molar-refractivity contribution in [2.75, 3.05) is 24.4 Å². The maximum Gasteiger partial charge on any atom is 0.300 e. The van der Waals surface area contributed by atoms with Gasteiger partial charge in [-0.25, -0.2) is 8.42 Å². The second kappa shape index (κ2) is 10.7. The summed E-state index contributed by atoms with van der Waals surface area (Å²) in [6.07, 6.45) is 2.30. The second-order valence-electron chi connectivity index (χ2n) is 10.2. The SMILES string of the molecule is CC(=O)O.Cc1noc(C)c1S(=O)(=O)Nc1cccc(C2(C)C3CN(CCCc4ccccc4)CC32)c1. The molecule has 1 aliphatic carbocycles. The van der Waals surface area contributed by atoms with E-state index in [1.165, 1.54) is 17.5 Å². The van der Waals surface area contributed by atoms with Crippen molar-refractivity contribution < 1.29 is 22.8 Å². The number of anilines is 1. The summed E-state index contributed by atoms with van der Waals surface area (Å²) >= 11 is 0. The molecule has 1 saturated heterocycles. The summed E-state index contributed by atoms with van der Waals surface area (Å²) in [5.41, 5.74) is 3.68. The summed E-state index contributed by atoms with van der Waals surface area (Å²) in [7, 11) is -3.75. The molecule has 37 heavy (non-hydrogen) atoms. The summed E-state index contributed by atoms with van der Waals surface area (Å²) < 4.78 is 33.6. The number of fused-ring (bicyclic) bond motifs is 1. The summed E-state index contributed by atoms with van der Waals surface area (Å²) in [4.78, 5) is 11.7. The number of sulfonamides is 1. The van der Waals surface area contributed by atoms with Crippen molar-refractivity contribution in [2.45, 2.75) is 50.8 Å². The van der Waals surface area contributed by atoms with Gasteiger partial charge < -0.3 is 14.5 Å². The van der Waals surface area contributed by atoms with Gasteiger partial charge in [0, 0.05) is 31.1 Å². The number of nitrogens with one attached hydrogen (secondary N) is 1. The van der Waals surface area contributed by atoms with E-state index in [1.54, 1.807) is 19.9 Å². The number of rotatable bonds is 8. The molecule has 0 bridgehead atoms. The number of carbonyl (C=O) groups is 1. The molecular formula is C28H35N3O5S. The molecule has 1 aromatic heterocycles. The topological polar surface area (TPSA) is 113 Å². The molecule has 198 valence electrons. The number of carboxylic acids is 1. The highest BCUT2D eigenvalue weighted by atomic mass is 32.2. The van der Waals surface area contributed by atoms with Gasteiger partial charge in [0.1, 0.15) is 5.69 Å². The summed E-state index contributed by atoms with van der Waals surface area (Å²) in [5.74, 6) is 0.722. The van der Waals surface area contributed by atoms with Crippen LogP contribution in [0.4, 0.5) is 5.69 Å². The van der Waals surface area contributed by atoms with Gasteiger partial charge in [0.15, 0.2) is 10.7 Å². The van der Waals surface area contributed by atoms with Crippen molar-refractivity contribution >= 4 is 21.7 Å². The first kappa shape index (κ1) is 26.9. The Morgan fingerprint density at radius 3 is 2.38 bits per heavy atom. The van der Waals surface area contributed by atoms with Gasteiger partial charge in [0.05, 0.1) is 0 Å². The zero-order valence-corrected chi connectivity index (χ0v) is 22.6. The average molecular weight is 526 g/mol. The molecule has 2 heterocycles. The lowest BCUT2D eigenvalue weighted by atomic mass is 9.92. The predicted molar refractivity (Wildman–Crippen MR) is 142 cm³/mol. The van der Waals surface area contributed by atoms with Crippen LogP contribution in [0.1, 0.15) is 42.8 Å². The number of carboxylic acid groups (broad SMARTS) is 1. The minimum absolute atomic E-state index is 0.112. The van der Waals surface area contributed by atoms with Crippen molar-refractivity contribution in [1.29, 1.82) is 0 Å². The molecule has 2 unspecified atom stereocenters. The number of benzene rings is 2. The largest absolute Gasteiger partial charge is 0.481 e. The first-order chi connectivity index (χ1) is 17.5. The highest BCUT2D eigenvalue weighted by Gasteiger charge is 2.65. The minimum atomic E-state index is -3.75. The fourth-order valence-corrected chi connectivity index (χ4v) is 7.09. The molecule has 2 atom stereocenters. The van der Waals surface area contributed by atoms with E-state index < -0.39 is 16.0 Å². The first-order valence-corrected chi connectivity index (χ1v) is 14.0. The molecule has 1 aliphatic heterocycles. The Labute approximate surface area is 218 Å². The first-order valence-electron chi connectivity index (χ1n) is 12.5. The maximum absolute atomic E-state index is 12.9. The van der Waals surface area contributed by atoms with Crippen LogP contribution in [-0.4, -0.2) is 49.2 Å². The Morgan fingerprint density at radius 2 is 1.78 bits per heavy atom. The molecular weight excluding hydrogens is 490 g/mol. The third kappa shape index (κ3) is 5.88. The van der Waals surface area contributed by atoms with E-state index in [9.17, 15) is 8.42 Å². The van der Waals surface area contributed by atoms with Crippen LogP contribution in [0.3, 0.4) is 0 Å². The number of nitrogens with zero attached hydrogens (tertiary/aromatic N) is 2.